The largest absolute Gasteiger partial charge is 0.497 e. The summed E-state index contributed by atoms with van der Waals surface area (Å²) >= 11 is 0. The molecule has 0 atom stereocenters. The number of anilines is 4. The molecular formula is C53H56N6O8. The van der Waals surface area contributed by atoms with E-state index in [1.54, 1.807) is 28.1 Å². The van der Waals surface area contributed by atoms with Crippen LogP contribution < -0.4 is 29.9 Å². The molecule has 2 N–H and O–H groups in total. The molecule has 0 unspecified atom stereocenters. The number of carbonyl (C=O) groups excluding carboxylic acids is 4. The fourth-order valence-corrected chi connectivity index (χ4v) is 7.59. The summed E-state index contributed by atoms with van der Waals surface area (Å²) in [5, 5.41) is 25.4. The third kappa shape index (κ3) is 11.6. The second-order valence-electron chi connectivity index (χ2n) is 15.5. The molecule has 0 radical (unpaired) electrons. The normalized spacial score (nSPS) is 13.2. The van der Waals surface area contributed by atoms with E-state index >= 15 is 0 Å². The number of nitrogens with zero attached hydrogens (tertiary/aromatic N) is 4. The maximum Gasteiger partial charge on any atom is 0.333 e. The van der Waals surface area contributed by atoms with E-state index in [1.165, 1.54) is 0 Å². The predicted octanol–water partition coefficient (Wildman–Crippen LogP) is 8.63. The Morgan fingerprint density at radius 1 is 0.582 bits per heavy atom. The van der Waals surface area contributed by atoms with Crippen molar-refractivity contribution in [3.05, 3.63) is 143 Å². The van der Waals surface area contributed by atoms with Crippen LogP contribution in [0.4, 0.5) is 22.7 Å². The molecule has 0 fully saturated rings. The lowest BCUT2D eigenvalue weighted by atomic mass is 9.86. The van der Waals surface area contributed by atoms with Crippen molar-refractivity contribution in [2.24, 2.45) is 0 Å². The number of esters is 2. The Morgan fingerprint density at radius 3 is 1.36 bits per heavy atom. The van der Waals surface area contributed by atoms with Crippen molar-refractivity contribution in [3.8, 4) is 23.6 Å². The van der Waals surface area contributed by atoms with Gasteiger partial charge in [-0.2, -0.15) is 10.5 Å². The molecule has 6 rings (SSSR count). The number of hydrogen-bond acceptors (Lipinski definition) is 12. The minimum Gasteiger partial charge on any atom is -0.497 e. The van der Waals surface area contributed by atoms with Gasteiger partial charge in [0.25, 0.3) is 11.8 Å². The Bertz CT molecular complexity index is 2710. The van der Waals surface area contributed by atoms with E-state index in [-0.39, 0.29) is 48.6 Å². The first-order valence-electron chi connectivity index (χ1n) is 22.0. The van der Waals surface area contributed by atoms with Crippen LogP contribution in [-0.2, 0) is 28.7 Å². The lowest BCUT2D eigenvalue weighted by molar-refractivity contribution is -0.139. The minimum atomic E-state index is -0.536. The lowest BCUT2D eigenvalue weighted by Crippen LogP contribution is -2.31. The van der Waals surface area contributed by atoms with Gasteiger partial charge in [0.15, 0.2) is 0 Å². The zero-order valence-corrected chi connectivity index (χ0v) is 38.9. The first-order chi connectivity index (χ1) is 32.3. The number of carbonyl (C=O) groups is 4. The van der Waals surface area contributed by atoms with Gasteiger partial charge in [-0.15, -0.1) is 0 Å². The van der Waals surface area contributed by atoms with Crippen LogP contribution in [0.15, 0.2) is 120 Å². The zero-order chi connectivity index (χ0) is 48.6. The summed E-state index contributed by atoms with van der Waals surface area (Å²) in [4.78, 5) is 53.6. The number of nitrogens with one attached hydrogen (secondary N) is 2. The molecule has 67 heavy (non-hydrogen) atoms. The first kappa shape index (κ1) is 49.9. The quantitative estimate of drug-likeness (QED) is 0.0446. The molecule has 0 aliphatic carbocycles. The Morgan fingerprint density at radius 2 is 0.985 bits per heavy atom. The highest BCUT2D eigenvalue weighted by atomic mass is 16.5. The number of fused-ring (bicyclic) bond motifs is 4. The monoisotopic (exact) mass is 904 g/mol. The highest BCUT2D eigenvalue weighted by Crippen LogP contribution is 2.49. The van der Waals surface area contributed by atoms with Crippen molar-refractivity contribution < 1.29 is 38.1 Å². The number of unbranched alkanes of at least 4 members (excludes halogenated alkanes) is 1. The third-order valence-corrected chi connectivity index (χ3v) is 10.8. The van der Waals surface area contributed by atoms with Gasteiger partial charge in [-0.1, -0.05) is 69.8 Å². The van der Waals surface area contributed by atoms with E-state index in [4.69, 9.17) is 18.9 Å². The lowest BCUT2D eigenvalue weighted by Gasteiger charge is -2.35. The van der Waals surface area contributed by atoms with Crippen molar-refractivity contribution in [2.75, 3.05) is 63.4 Å². The van der Waals surface area contributed by atoms with E-state index in [0.717, 1.165) is 77.4 Å². The average molecular weight is 905 g/mol. The van der Waals surface area contributed by atoms with Crippen LogP contribution in [-0.4, -0.2) is 77.4 Å². The molecule has 0 saturated heterocycles. The summed E-state index contributed by atoms with van der Waals surface area (Å²) in [7, 11) is 3.16. The molecule has 2 heterocycles. The molecule has 2 amide bonds. The Hall–Kier alpha value is -8.10. The van der Waals surface area contributed by atoms with Gasteiger partial charge in [0.1, 0.15) is 48.0 Å². The van der Waals surface area contributed by atoms with Gasteiger partial charge in [-0.05, 0) is 75.2 Å². The summed E-state index contributed by atoms with van der Waals surface area (Å²) in [6, 6.07) is 31.1. The van der Waals surface area contributed by atoms with Crippen LogP contribution in [0.2, 0.25) is 0 Å². The fraction of sp³-hybridized carbons (Fsp3) is 0.283. The van der Waals surface area contributed by atoms with Crippen molar-refractivity contribution in [3.63, 3.8) is 0 Å². The number of rotatable bonds is 17. The van der Waals surface area contributed by atoms with Crippen LogP contribution >= 0.6 is 0 Å². The number of amides is 2. The summed E-state index contributed by atoms with van der Waals surface area (Å²) in [5.74, 6) is -0.855. The third-order valence-electron chi connectivity index (χ3n) is 10.8. The van der Waals surface area contributed by atoms with Crippen LogP contribution in [0.1, 0.15) is 69.2 Å². The van der Waals surface area contributed by atoms with E-state index < -0.39 is 23.8 Å². The van der Waals surface area contributed by atoms with E-state index in [0.29, 0.717) is 22.6 Å². The highest BCUT2D eigenvalue weighted by Gasteiger charge is 2.32. The molecule has 14 heteroatoms. The first-order valence-corrected chi connectivity index (χ1v) is 22.0. The maximum absolute atomic E-state index is 13.1. The zero-order valence-electron chi connectivity index (χ0n) is 38.9. The minimum absolute atomic E-state index is 0.0108. The van der Waals surface area contributed by atoms with Gasteiger partial charge < -0.3 is 39.4 Å². The van der Waals surface area contributed by atoms with Gasteiger partial charge in [-0.25, -0.2) is 9.59 Å². The van der Waals surface area contributed by atoms with Gasteiger partial charge in [0.05, 0.1) is 27.3 Å². The predicted molar refractivity (Wildman–Crippen MR) is 259 cm³/mol. The van der Waals surface area contributed by atoms with Crippen LogP contribution in [0.25, 0.3) is 11.1 Å². The summed E-state index contributed by atoms with van der Waals surface area (Å²) in [5.41, 5.74) is 8.45. The smallest absolute Gasteiger partial charge is 0.333 e. The van der Waals surface area contributed by atoms with Crippen LogP contribution in [0, 0.1) is 22.7 Å². The highest BCUT2D eigenvalue weighted by molar-refractivity contribution is 6.13. The second-order valence-corrected chi connectivity index (χ2v) is 15.5. The molecule has 0 spiro atoms. The number of nitriles is 2. The molecule has 2 aliphatic rings. The van der Waals surface area contributed by atoms with Crippen molar-refractivity contribution >= 4 is 57.6 Å². The molecule has 0 aromatic heterocycles. The molecule has 0 saturated carbocycles. The molecule has 14 nitrogen and oxygen atoms in total. The number of hydrogen-bond donors (Lipinski definition) is 2. The van der Waals surface area contributed by atoms with E-state index in [2.05, 4.69) is 59.6 Å². The Balaban J connectivity index is 0.000000251. The molecule has 2 aliphatic heterocycles. The topological polar surface area (TPSA) is 183 Å². The average Bonchev–Trinajstić information content (AvgIpc) is 3.34. The molecule has 346 valence electrons. The fourth-order valence-electron chi connectivity index (χ4n) is 7.59. The van der Waals surface area contributed by atoms with Gasteiger partial charge in [0, 0.05) is 80.4 Å². The SMILES string of the molecule is C=C(C)C(=O)OCCNC(=O)/C(C#N)=C1\c2ccccc2N(CCC)c2ccc(OC)cc21.C=C(C)C(=O)OCCNC(=O)/C(C#N)=C1\c2ccccc2N(CCCC)c2ccc(OC)cc21. The molecule has 4 aromatic carbocycles. The van der Waals surface area contributed by atoms with E-state index in [1.807, 2.05) is 84.9 Å². The number of para-hydroxylation sites is 2. The van der Waals surface area contributed by atoms with Crippen molar-refractivity contribution in [2.45, 2.75) is 47.0 Å². The molecular weight excluding hydrogens is 849 g/mol. The number of ether oxygens (including phenoxy) is 4. The molecule has 4 aromatic rings. The Kier molecular flexibility index (Phi) is 17.7. The van der Waals surface area contributed by atoms with Crippen LogP contribution in [0.3, 0.4) is 0 Å². The van der Waals surface area contributed by atoms with Crippen LogP contribution in [0.5, 0.6) is 11.5 Å². The molecule has 0 bridgehead atoms. The van der Waals surface area contributed by atoms with Crippen molar-refractivity contribution in [1.82, 2.24) is 10.6 Å². The van der Waals surface area contributed by atoms with Gasteiger partial charge in [-0.3, -0.25) is 9.59 Å². The van der Waals surface area contributed by atoms with Gasteiger partial charge >= 0.3 is 11.9 Å². The second kappa shape index (κ2) is 23.7. The summed E-state index contributed by atoms with van der Waals surface area (Å²) < 4.78 is 20.9. The number of methoxy groups -OCH3 is 2. The number of benzene rings is 4. The maximum atomic E-state index is 13.1. The standard InChI is InChI=1S/C27H29N3O4.C26H27N3O4/c1-5-6-14-30-23-10-8-7-9-20(23)25(21-16-19(33-4)11-12-24(21)30)22(17-28)26(31)29-13-15-34-27(32)18(2)3;1-5-13-29-22-9-7-6-8-19(22)24(20-15-18(32-4)10-11-23(20)29)21(16-27)25(30)28-12-14-33-26(31)17(2)3/h7-12,16H,2,5-6,13-15H2,1,3-4H3,(H,29,31);6-11,15H,2,5,12-14H2,1,3-4H3,(H,28,30)/b25-22+;24-21+. The van der Waals surface area contributed by atoms with E-state index in [9.17, 15) is 29.7 Å². The summed E-state index contributed by atoms with van der Waals surface area (Å²) in [6.45, 7) is 16.1. The Labute approximate surface area is 392 Å². The summed E-state index contributed by atoms with van der Waals surface area (Å²) in [6.07, 6.45) is 2.95. The van der Waals surface area contributed by atoms with Crippen molar-refractivity contribution in [1.29, 1.82) is 10.5 Å². The van der Waals surface area contributed by atoms with Gasteiger partial charge in [0.2, 0.25) is 0 Å².